The van der Waals surface area contributed by atoms with Crippen LogP contribution < -0.4 is 5.73 Å². The molecular weight excluding hydrogens is 267 g/mol. The Morgan fingerprint density at radius 1 is 1.25 bits per heavy atom. The molecule has 20 heavy (non-hydrogen) atoms. The van der Waals surface area contributed by atoms with Crippen LogP contribution in [0.2, 0.25) is 0 Å². The first-order chi connectivity index (χ1) is 9.32. The van der Waals surface area contributed by atoms with Gasteiger partial charge >= 0.3 is 6.18 Å². The molecule has 2 rings (SSSR count). The quantitative estimate of drug-likeness (QED) is 0.811. The lowest BCUT2D eigenvalue weighted by molar-refractivity contribution is -0.137. The Hall–Kier alpha value is -2.55. The highest BCUT2D eigenvalue weighted by Crippen LogP contribution is 2.35. The average Bonchev–Trinajstić information content (AvgIpc) is 2.39. The van der Waals surface area contributed by atoms with E-state index in [1.54, 1.807) is 6.92 Å². The van der Waals surface area contributed by atoms with Gasteiger partial charge < -0.3 is 5.73 Å². The number of nitriles is 1. The van der Waals surface area contributed by atoms with Gasteiger partial charge in [-0.25, -0.2) is 0 Å². The van der Waals surface area contributed by atoms with Crippen molar-refractivity contribution in [1.29, 1.82) is 5.26 Å². The van der Waals surface area contributed by atoms with Crippen molar-refractivity contribution in [2.24, 2.45) is 0 Å². The van der Waals surface area contributed by atoms with E-state index in [1.807, 2.05) is 6.07 Å². The molecule has 0 radical (unpaired) electrons. The molecule has 0 amide bonds. The third-order valence-corrected chi connectivity index (χ3v) is 2.90. The fourth-order valence-electron chi connectivity index (χ4n) is 1.78. The topological polar surface area (TPSA) is 62.7 Å². The molecule has 0 saturated carbocycles. The molecule has 2 N–H and O–H groups in total. The van der Waals surface area contributed by atoms with E-state index in [0.29, 0.717) is 16.8 Å². The standard InChI is InChI=1S/C14H10F3N3/c1-8-9(6-18)4-10(7-20-8)12-5-11(14(15,16)17)2-3-13(12)19/h2-5,7H,19H2,1H3. The highest BCUT2D eigenvalue weighted by atomic mass is 19.4. The van der Waals surface area contributed by atoms with Crippen LogP contribution in [0.1, 0.15) is 16.8 Å². The van der Waals surface area contributed by atoms with Gasteiger partial charge in [0.2, 0.25) is 0 Å². The Morgan fingerprint density at radius 3 is 2.55 bits per heavy atom. The number of nitrogens with zero attached hydrogens (tertiary/aromatic N) is 2. The number of hydrogen-bond donors (Lipinski definition) is 1. The molecule has 2 aromatic rings. The number of aryl methyl sites for hydroxylation is 1. The zero-order chi connectivity index (χ0) is 14.9. The molecule has 0 unspecified atom stereocenters. The number of hydrogen-bond acceptors (Lipinski definition) is 3. The van der Waals surface area contributed by atoms with E-state index >= 15 is 0 Å². The van der Waals surface area contributed by atoms with Crippen LogP contribution in [0.25, 0.3) is 11.1 Å². The fourth-order valence-corrected chi connectivity index (χ4v) is 1.78. The van der Waals surface area contributed by atoms with E-state index in [-0.39, 0.29) is 11.3 Å². The van der Waals surface area contributed by atoms with Gasteiger partial charge in [-0.3, -0.25) is 4.98 Å². The SMILES string of the molecule is Cc1ncc(-c2cc(C(F)(F)F)ccc2N)cc1C#N. The van der Waals surface area contributed by atoms with Crippen molar-refractivity contribution in [3.63, 3.8) is 0 Å². The van der Waals surface area contributed by atoms with Gasteiger partial charge in [0.15, 0.2) is 0 Å². The van der Waals surface area contributed by atoms with E-state index in [9.17, 15) is 13.2 Å². The Morgan fingerprint density at radius 2 is 1.95 bits per heavy atom. The zero-order valence-electron chi connectivity index (χ0n) is 10.5. The summed E-state index contributed by atoms with van der Waals surface area (Å²) in [7, 11) is 0. The first-order valence-corrected chi connectivity index (χ1v) is 5.67. The Labute approximate surface area is 113 Å². The molecule has 0 saturated heterocycles. The lowest BCUT2D eigenvalue weighted by atomic mass is 10.0. The normalized spacial score (nSPS) is 11.2. The summed E-state index contributed by atoms with van der Waals surface area (Å²) in [6.45, 7) is 1.65. The summed E-state index contributed by atoms with van der Waals surface area (Å²) in [4.78, 5) is 4.00. The number of nitrogen functional groups attached to an aromatic ring is 1. The van der Waals surface area contributed by atoms with Crippen molar-refractivity contribution in [1.82, 2.24) is 4.98 Å². The van der Waals surface area contributed by atoms with Crippen LogP contribution in [0.5, 0.6) is 0 Å². The third-order valence-electron chi connectivity index (χ3n) is 2.90. The van der Waals surface area contributed by atoms with Gasteiger partial charge in [-0.1, -0.05) is 0 Å². The molecule has 0 aliphatic heterocycles. The van der Waals surface area contributed by atoms with E-state index in [1.165, 1.54) is 18.3 Å². The largest absolute Gasteiger partial charge is 0.416 e. The fraction of sp³-hybridized carbons (Fsp3) is 0.143. The van der Waals surface area contributed by atoms with E-state index in [4.69, 9.17) is 11.0 Å². The van der Waals surface area contributed by atoms with Gasteiger partial charge in [0, 0.05) is 23.0 Å². The minimum atomic E-state index is -4.45. The van der Waals surface area contributed by atoms with Crippen LogP contribution in [-0.2, 0) is 6.18 Å². The summed E-state index contributed by atoms with van der Waals surface area (Å²) in [5, 5.41) is 8.94. The second kappa shape index (κ2) is 4.85. The summed E-state index contributed by atoms with van der Waals surface area (Å²) in [6, 6.07) is 6.51. The molecular formula is C14H10F3N3. The number of aromatic nitrogens is 1. The molecule has 0 fully saturated rings. The Balaban J connectivity index is 2.61. The Bertz CT molecular complexity index is 700. The molecule has 1 heterocycles. The van der Waals surface area contributed by atoms with Crippen molar-refractivity contribution in [3.05, 3.63) is 47.3 Å². The van der Waals surface area contributed by atoms with Crippen LogP contribution in [0.3, 0.4) is 0 Å². The lowest BCUT2D eigenvalue weighted by Crippen LogP contribution is -2.06. The van der Waals surface area contributed by atoms with Gasteiger partial charge in [0.1, 0.15) is 6.07 Å². The molecule has 0 atom stereocenters. The number of rotatable bonds is 1. The van der Waals surface area contributed by atoms with Crippen molar-refractivity contribution in [2.75, 3.05) is 5.73 Å². The number of alkyl halides is 3. The van der Waals surface area contributed by atoms with Crippen LogP contribution >= 0.6 is 0 Å². The molecule has 0 aliphatic carbocycles. The first-order valence-electron chi connectivity index (χ1n) is 5.67. The van der Waals surface area contributed by atoms with Crippen molar-refractivity contribution in [2.45, 2.75) is 13.1 Å². The maximum absolute atomic E-state index is 12.7. The molecule has 0 bridgehead atoms. The summed E-state index contributed by atoms with van der Waals surface area (Å²) in [6.07, 6.45) is -3.04. The number of benzene rings is 1. The summed E-state index contributed by atoms with van der Waals surface area (Å²) < 4.78 is 38.1. The van der Waals surface area contributed by atoms with E-state index < -0.39 is 11.7 Å². The molecule has 6 heteroatoms. The molecule has 1 aromatic heterocycles. The third kappa shape index (κ3) is 2.57. The molecule has 102 valence electrons. The number of anilines is 1. The van der Waals surface area contributed by atoms with Gasteiger partial charge in [-0.05, 0) is 31.2 Å². The molecule has 1 aromatic carbocycles. The highest BCUT2D eigenvalue weighted by Gasteiger charge is 2.31. The second-order valence-electron chi connectivity index (χ2n) is 4.27. The van der Waals surface area contributed by atoms with Gasteiger partial charge in [0.05, 0.1) is 16.8 Å². The monoisotopic (exact) mass is 277 g/mol. The van der Waals surface area contributed by atoms with Gasteiger partial charge in [-0.2, -0.15) is 18.4 Å². The molecule has 3 nitrogen and oxygen atoms in total. The maximum atomic E-state index is 12.7. The van der Waals surface area contributed by atoms with Crippen LogP contribution in [0.4, 0.5) is 18.9 Å². The molecule has 0 aliphatic rings. The minimum absolute atomic E-state index is 0.201. The van der Waals surface area contributed by atoms with E-state index in [0.717, 1.165) is 12.1 Å². The van der Waals surface area contributed by atoms with Crippen LogP contribution in [0, 0.1) is 18.3 Å². The van der Waals surface area contributed by atoms with Crippen molar-refractivity contribution in [3.8, 4) is 17.2 Å². The van der Waals surface area contributed by atoms with Crippen molar-refractivity contribution < 1.29 is 13.2 Å². The summed E-state index contributed by atoms with van der Waals surface area (Å²) in [5.41, 5.74) is 6.54. The van der Waals surface area contributed by atoms with Crippen molar-refractivity contribution >= 4 is 5.69 Å². The highest BCUT2D eigenvalue weighted by molar-refractivity contribution is 5.77. The second-order valence-corrected chi connectivity index (χ2v) is 4.27. The van der Waals surface area contributed by atoms with Crippen LogP contribution in [-0.4, -0.2) is 4.98 Å². The number of halogens is 3. The summed E-state index contributed by atoms with van der Waals surface area (Å²) >= 11 is 0. The number of pyridine rings is 1. The first kappa shape index (κ1) is 13.9. The lowest BCUT2D eigenvalue weighted by Gasteiger charge is -2.11. The van der Waals surface area contributed by atoms with E-state index in [2.05, 4.69) is 4.98 Å². The number of nitrogens with two attached hydrogens (primary N) is 1. The smallest absolute Gasteiger partial charge is 0.398 e. The maximum Gasteiger partial charge on any atom is 0.416 e. The Kier molecular flexibility index (Phi) is 3.36. The predicted octanol–water partition coefficient (Wildman–Crippen LogP) is 3.53. The van der Waals surface area contributed by atoms with Gasteiger partial charge in [0.25, 0.3) is 0 Å². The minimum Gasteiger partial charge on any atom is -0.398 e. The van der Waals surface area contributed by atoms with Crippen LogP contribution in [0.15, 0.2) is 30.5 Å². The van der Waals surface area contributed by atoms with Gasteiger partial charge in [-0.15, -0.1) is 0 Å². The molecule has 0 spiro atoms. The predicted molar refractivity (Wildman–Crippen MR) is 68.5 cm³/mol. The zero-order valence-corrected chi connectivity index (χ0v) is 10.5. The average molecular weight is 277 g/mol. The summed E-state index contributed by atoms with van der Waals surface area (Å²) in [5.74, 6) is 0.